The summed E-state index contributed by atoms with van der Waals surface area (Å²) in [5, 5.41) is 4.96. The average molecular weight is 406 g/mol. The molecule has 2 amide bonds. The van der Waals surface area contributed by atoms with Gasteiger partial charge in [0, 0.05) is 22.2 Å². The number of aromatic nitrogens is 1. The van der Waals surface area contributed by atoms with Crippen LogP contribution in [0.15, 0.2) is 60.2 Å². The van der Waals surface area contributed by atoms with Crippen molar-refractivity contribution in [2.75, 3.05) is 13.7 Å². The number of ether oxygens (including phenoxy) is 2. The number of hydrazone groups is 1. The molecule has 0 spiro atoms. The number of fused-ring (bicyclic) bond motifs is 1. The van der Waals surface area contributed by atoms with Gasteiger partial charge in [-0.2, -0.15) is 5.10 Å². The first kappa shape index (κ1) is 21.0. The van der Waals surface area contributed by atoms with Crippen molar-refractivity contribution in [1.82, 2.24) is 9.99 Å². The van der Waals surface area contributed by atoms with Crippen LogP contribution in [0.1, 0.15) is 16.8 Å². The summed E-state index contributed by atoms with van der Waals surface area (Å²) in [7, 11) is 1.63. The third-order valence-corrected chi connectivity index (χ3v) is 4.83. The number of hydrogen-bond donors (Lipinski definition) is 2. The molecule has 0 fully saturated rings. The number of carbonyl (C=O) groups is 1. The molecule has 0 unspecified atom stereocenters. The molecule has 7 nitrogen and oxygen atoms in total. The van der Waals surface area contributed by atoms with Crippen molar-refractivity contribution in [3.8, 4) is 11.5 Å². The smallest absolute Gasteiger partial charge is 0.332 e. The van der Waals surface area contributed by atoms with E-state index in [1.165, 1.54) is 0 Å². The van der Waals surface area contributed by atoms with Gasteiger partial charge in [-0.05, 0) is 37.1 Å². The van der Waals surface area contributed by atoms with Gasteiger partial charge in [0.15, 0.2) is 11.5 Å². The van der Waals surface area contributed by atoms with E-state index in [0.717, 1.165) is 34.1 Å². The van der Waals surface area contributed by atoms with Crippen LogP contribution >= 0.6 is 0 Å². The van der Waals surface area contributed by atoms with E-state index < -0.39 is 6.03 Å². The second-order valence-corrected chi connectivity index (χ2v) is 6.73. The normalized spacial score (nSPS) is 11.0. The zero-order chi connectivity index (χ0) is 21.5. The van der Waals surface area contributed by atoms with Gasteiger partial charge in [0.05, 0.1) is 19.9 Å². The number of rotatable bonds is 9. The minimum absolute atomic E-state index is 0.465. The van der Waals surface area contributed by atoms with Gasteiger partial charge >= 0.3 is 6.03 Å². The SMILES string of the molecule is C=CCc1ccc(OCCn2c(C)c(/C=N/NC(N)=O)c3ccccc32)c(OC)c1. The van der Waals surface area contributed by atoms with Gasteiger partial charge in [-0.25, -0.2) is 10.2 Å². The van der Waals surface area contributed by atoms with Crippen molar-refractivity contribution >= 4 is 23.1 Å². The molecule has 30 heavy (non-hydrogen) atoms. The van der Waals surface area contributed by atoms with E-state index in [4.69, 9.17) is 15.2 Å². The number of nitrogens with zero attached hydrogens (tertiary/aromatic N) is 2. The topological polar surface area (TPSA) is 90.9 Å². The summed E-state index contributed by atoms with van der Waals surface area (Å²) in [6.45, 7) is 6.88. The van der Waals surface area contributed by atoms with Crippen molar-refractivity contribution in [2.24, 2.45) is 10.8 Å². The van der Waals surface area contributed by atoms with Gasteiger partial charge in [0.2, 0.25) is 0 Å². The van der Waals surface area contributed by atoms with Crippen LogP contribution in [0.2, 0.25) is 0 Å². The zero-order valence-corrected chi connectivity index (χ0v) is 17.2. The molecule has 3 rings (SSSR count). The van der Waals surface area contributed by atoms with Gasteiger partial charge in [0.25, 0.3) is 0 Å². The lowest BCUT2D eigenvalue weighted by Gasteiger charge is -2.13. The molecule has 0 saturated heterocycles. The third kappa shape index (κ3) is 4.63. The van der Waals surface area contributed by atoms with Crippen molar-refractivity contribution in [3.05, 3.63) is 71.9 Å². The van der Waals surface area contributed by atoms with Gasteiger partial charge < -0.3 is 19.8 Å². The molecule has 0 atom stereocenters. The first-order chi connectivity index (χ1) is 14.5. The van der Waals surface area contributed by atoms with Crippen molar-refractivity contribution in [1.29, 1.82) is 0 Å². The fourth-order valence-corrected chi connectivity index (χ4v) is 3.44. The van der Waals surface area contributed by atoms with E-state index in [9.17, 15) is 4.79 Å². The molecular formula is C23H26N4O3. The van der Waals surface area contributed by atoms with Crippen molar-refractivity contribution in [2.45, 2.75) is 19.9 Å². The monoisotopic (exact) mass is 406 g/mol. The number of benzene rings is 2. The molecule has 3 aromatic rings. The largest absolute Gasteiger partial charge is 0.493 e. The van der Waals surface area contributed by atoms with E-state index in [2.05, 4.69) is 21.7 Å². The Kier molecular flexibility index (Phi) is 6.75. The number of amides is 2. The summed E-state index contributed by atoms with van der Waals surface area (Å²) in [5.74, 6) is 1.40. The summed E-state index contributed by atoms with van der Waals surface area (Å²) in [5.41, 5.74) is 11.4. The third-order valence-electron chi connectivity index (χ3n) is 4.83. The maximum absolute atomic E-state index is 10.9. The molecule has 2 aromatic carbocycles. The summed E-state index contributed by atoms with van der Waals surface area (Å²) < 4.78 is 13.6. The van der Waals surface area contributed by atoms with Crippen LogP contribution in [0.3, 0.4) is 0 Å². The van der Waals surface area contributed by atoms with Crippen molar-refractivity contribution in [3.63, 3.8) is 0 Å². The molecule has 0 aliphatic rings. The lowest BCUT2D eigenvalue weighted by atomic mass is 10.1. The van der Waals surface area contributed by atoms with Gasteiger partial charge in [0.1, 0.15) is 6.61 Å². The van der Waals surface area contributed by atoms with Crippen LogP contribution in [-0.4, -0.2) is 30.5 Å². The lowest BCUT2D eigenvalue weighted by molar-refractivity contribution is 0.249. The molecule has 0 aliphatic heterocycles. The maximum Gasteiger partial charge on any atom is 0.332 e. The fraction of sp³-hybridized carbons (Fsp3) is 0.217. The number of primary amides is 1. The molecule has 0 radical (unpaired) electrons. The molecule has 7 heteroatoms. The molecule has 1 heterocycles. The summed E-state index contributed by atoms with van der Waals surface area (Å²) >= 11 is 0. The molecule has 0 aliphatic carbocycles. The summed E-state index contributed by atoms with van der Waals surface area (Å²) in [6.07, 6.45) is 4.25. The molecule has 0 saturated carbocycles. The average Bonchev–Trinajstić information content (AvgIpc) is 3.00. The maximum atomic E-state index is 10.9. The highest BCUT2D eigenvalue weighted by molar-refractivity contribution is 6.01. The van der Waals surface area contributed by atoms with Crippen LogP contribution in [-0.2, 0) is 13.0 Å². The van der Waals surface area contributed by atoms with Gasteiger partial charge in [-0.3, -0.25) is 0 Å². The van der Waals surface area contributed by atoms with E-state index in [1.54, 1.807) is 13.3 Å². The van der Waals surface area contributed by atoms with Crippen molar-refractivity contribution < 1.29 is 14.3 Å². The predicted molar refractivity (Wildman–Crippen MR) is 119 cm³/mol. The number of carbonyl (C=O) groups excluding carboxylic acids is 1. The Balaban J connectivity index is 1.80. The van der Waals surface area contributed by atoms with E-state index in [-0.39, 0.29) is 0 Å². The molecule has 3 N–H and O–H groups in total. The Bertz CT molecular complexity index is 1090. The zero-order valence-electron chi connectivity index (χ0n) is 17.2. The number of nitrogens with two attached hydrogens (primary N) is 1. The van der Waals surface area contributed by atoms with Crippen LogP contribution < -0.4 is 20.6 Å². The minimum Gasteiger partial charge on any atom is -0.493 e. The van der Waals surface area contributed by atoms with E-state index in [1.807, 2.05) is 55.5 Å². The molecule has 156 valence electrons. The number of nitrogens with one attached hydrogen (secondary N) is 1. The number of hydrogen-bond acceptors (Lipinski definition) is 4. The Morgan fingerprint density at radius 1 is 1.27 bits per heavy atom. The van der Waals surface area contributed by atoms with E-state index >= 15 is 0 Å². The highest BCUT2D eigenvalue weighted by Crippen LogP contribution is 2.29. The highest BCUT2D eigenvalue weighted by atomic mass is 16.5. The molecular weight excluding hydrogens is 380 g/mol. The first-order valence-corrected chi connectivity index (χ1v) is 9.62. The summed E-state index contributed by atoms with van der Waals surface area (Å²) in [6, 6.07) is 13.2. The minimum atomic E-state index is -0.700. The fourth-order valence-electron chi connectivity index (χ4n) is 3.44. The van der Waals surface area contributed by atoms with Crippen LogP contribution in [0.25, 0.3) is 10.9 Å². The summed E-state index contributed by atoms with van der Waals surface area (Å²) in [4.78, 5) is 10.9. The highest BCUT2D eigenvalue weighted by Gasteiger charge is 2.13. The second kappa shape index (κ2) is 9.65. The van der Waals surface area contributed by atoms with Gasteiger partial charge in [-0.15, -0.1) is 6.58 Å². The number of allylic oxidation sites excluding steroid dienone is 1. The Labute approximate surface area is 175 Å². The Hall–Kier alpha value is -3.74. The standard InChI is InChI=1S/C23H26N4O3/c1-4-7-17-10-11-21(22(14-17)29-3)30-13-12-27-16(2)19(15-25-26-23(24)28)18-8-5-6-9-20(18)27/h4-6,8-11,14-15H,1,7,12-13H2,2-3H3,(H3,24,26,28)/b25-15+. The quantitative estimate of drug-likeness (QED) is 0.322. The number of methoxy groups -OCH3 is 1. The van der Waals surface area contributed by atoms with Gasteiger partial charge in [-0.1, -0.05) is 30.3 Å². The van der Waals surface area contributed by atoms with Crippen LogP contribution in [0.5, 0.6) is 11.5 Å². The Morgan fingerprint density at radius 2 is 2.07 bits per heavy atom. The first-order valence-electron chi connectivity index (χ1n) is 9.62. The predicted octanol–water partition coefficient (Wildman–Crippen LogP) is 3.77. The number of urea groups is 1. The second-order valence-electron chi connectivity index (χ2n) is 6.73. The van der Waals surface area contributed by atoms with E-state index in [0.29, 0.717) is 24.7 Å². The number of para-hydroxylation sites is 1. The molecule has 0 bridgehead atoms. The molecule has 1 aromatic heterocycles. The lowest BCUT2D eigenvalue weighted by Crippen LogP contribution is -2.24. The van der Waals surface area contributed by atoms with Crippen LogP contribution in [0.4, 0.5) is 4.79 Å². The Morgan fingerprint density at radius 3 is 2.80 bits per heavy atom. The van der Waals surface area contributed by atoms with Crippen LogP contribution in [0, 0.1) is 6.92 Å².